The van der Waals surface area contributed by atoms with Crippen LogP contribution in [0.15, 0.2) is 4.52 Å². The predicted molar refractivity (Wildman–Crippen MR) is 47.8 cm³/mol. The van der Waals surface area contributed by atoms with Crippen LogP contribution in [0.25, 0.3) is 0 Å². The molecule has 0 saturated carbocycles. The molecule has 0 fully saturated rings. The topological polar surface area (TPSA) is 102 Å². The van der Waals surface area contributed by atoms with E-state index in [0.29, 0.717) is 6.42 Å². The molecule has 1 unspecified atom stereocenters. The summed E-state index contributed by atoms with van der Waals surface area (Å²) in [4.78, 5) is 14.1. The molecule has 0 aliphatic heterocycles. The summed E-state index contributed by atoms with van der Waals surface area (Å²) in [5.74, 6) is -1.23. The van der Waals surface area contributed by atoms with Crippen molar-refractivity contribution in [1.29, 1.82) is 0 Å². The Labute approximate surface area is 81.1 Å². The van der Waals surface area contributed by atoms with Crippen molar-refractivity contribution in [3.8, 4) is 0 Å². The molecule has 1 atom stereocenters. The van der Waals surface area contributed by atoms with E-state index in [-0.39, 0.29) is 17.8 Å². The molecule has 1 rings (SSSR count). The summed E-state index contributed by atoms with van der Waals surface area (Å²) in [6.45, 7) is 2.02. The van der Waals surface area contributed by atoms with E-state index in [9.17, 15) is 4.79 Å². The van der Waals surface area contributed by atoms with E-state index in [1.807, 2.05) is 6.92 Å². The van der Waals surface area contributed by atoms with Crippen molar-refractivity contribution in [2.24, 2.45) is 5.73 Å². The number of hydrogen-bond donors (Lipinski definition) is 2. The Kier molecular flexibility index (Phi) is 3.58. The molecule has 0 saturated heterocycles. The molecule has 0 radical (unpaired) electrons. The van der Waals surface area contributed by atoms with E-state index < -0.39 is 5.97 Å². The first-order chi connectivity index (χ1) is 6.63. The fourth-order valence-corrected chi connectivity index (χ4v) is 1.12. The summed E-state index contributed by atoms with van der Waals surface area (Å²) in [6, 6.07) is -0.0536. The number of carboxylic acids is 1. The molecule has 6 nitrogen and oxygen atoms in total. The summed E-state index contributed by atoms with van der Waals surface area (Å²) < 4.78 is 4.72. The Bertz CT molecular complexity index is 311. The molecule has 1 aromatic heterocycles. The molecular weight excluding hydrogens is 186 g/mol. The van der Waals surface area contributed by atoms with Crippen molar-refractivity contribution in [3.05, 3.63) is 11.7 Å². The van der Waals surface area contributed by atoms with Crippen molar-refractivity contribution >= 4 is 5.97 Å². The lowest BCUT2D eigenvalue weighted by Crippen LogP contribution is -2.22. The third-order valence-corrected chi connectivity index (χ3v) is 1.76. The number of carbonyl (C=O) groups is 1. The van der Waals surface area contributed by atoms with Crippen LogP contribution in [0.2, 0.25) is 0 Å². The molecule has 3 N–H and O–H groups in total. The lowest BCUT2D eigenvalue weighted by atomic mass is 10.1. The highest BCUT2D eigenvalue weighted by Crippen LogP contribution is 2.03. The van der Waals surface area contributed by atoms with Crippen molar-refractivity contribution in [2.75, 3.05) is 0 Å². The van der Waals surface area contributed by atoms with E-state index in [1.165, 1.54) is 0 Å². The van der Waals surface area contributed by atoms with Gasteiger partial charge in [0.05, 0.1) is 0 Å². The molecule has 0 spiro atoms. The van der Waals surface area contributed by atoms with Gasteiger partial charge in [0, 0.05) is 12.5 Å². The van der Waals surface area contributed by atoms with Gasteiger partial charge in [-0.3, -0.25) is 0 Å². The number of aromatic carboxylic acids is 1. The lowest BCUT2D eigenvalue weighted by molar-refractivity contribution is 0.0680. The van der Waals surface area contributed by atoms with Crippen LogP contribution < -0.4 is 5.73 Å². The van der Waals surface area contributed by atoms with Crippen LogP contribution in [-0.4, -0.2) is 27.3 Å². The van der Waals surface area contributed by atoms with Gasteiger partial charge in [0.1, 0.15) is 0 Å². The highest BCUT2D eigenvalue weighted by Gasteiger charge is 2.14. The smallest absolute Gasteiger partial charge is 0.377 e. The maximum Gasteiger partial charge on any atom is 0.377 e. The van der Waals surface area contributed by atoms with Crippen LogP contribution in [0.4, 0.5) is 0 Å². The number of nitrogens with two attached hydrogens (primary N) is 1. The van der Waals surface area contributed by atoms with Gasteiger partial charge < -0.3 is 15.4 Å². The minimum atomic E-state index is -1.19. The molecule has 0 bridgehead atoms. The van der Waals surface area contributed by atoms with Crippen LogP contribution in [0.3, 0.4) is 0 Å². The summed E-state index contributed by atoms with van der Waals surface area (Å²) >= 11 is 0. The molecule has 1 aromatic rings. The van der Waals surface area contributed by atoms with E-state index in [1.54, 1.807) is 0 Å². The van der Waals surface area contributed by atoms with Crippen LogP contribution >= 0.6 is 0 Å². The first-order valence-electron chi connectivity index (χ1n) is 4.45. The van der Waals surface area contributed by atoms with Gasteiger partial charge in [0.15, 0.2) is 0 Å². The maximum atomic E-state index is 10.4. The molecule has 0 aliphatic carbocycles. The molecule has 0 aliphatic rings. The van der Waals surface area contributed by atoms with Crippen molar-refractivity contribution in [2.45, 2.75) is 32.2 Å². The van der Waals surface area contributed by atoms with E-state index in [0.717, 1.165) is 12.8 Å². The predicted octanol–water partition coefficient (Wildman–Crippen LogP) is 0.438. The van der Waals surface area contributed by atoms with Crippen LogP contribution in [0, 0.1) is 0 Å². The summed E-state index contributed by atoms with van der Waals surface area (Å²) in [6.07, 6.45) is 2.25. The average molecular weight is 199 g/mol. The third-order valence-electron chi connectivity index (χ3n) is 1.76. The third kappa shape index (κ3) is 2.81. The zero-order valence-electron chi connectivity index (χ0n) is 7.93. The quantitative estimate of drug-likeness (QED) is 0.713. The van der Waals surface area contributed by atoms with E-state index in [2.05, 4.69) is 10.1 Å². The first kappa shape index (κ1) is 10.6. The number of hydrogen-bond acceptors (Lipinski definition) is 5. The zero-order chi connectivity index (χ0) is 10.6. The van der Waals surface area contributed by atoms with Crippen LogP contribution in [-0.2, 0) is 6.42 Å². The molecule has 0 aromatic carbocycles. The van der Waals surface area contributed by atoms with Gasteiger partial charge in [-0.05, 0) is 11.6 Å². The number of aromatic nitrogens is 2. The summed E-state index contributed by atoms with van der Waals surface area (Å²) in [5.41, 5.74) is 5.73. The zero-order valence-corrected chi connectivity index (χ0v) is 7.93. The lowest BCUT2D eigenvalue weighted by Gasteiger charge is -2.04. The second kappa shape index (κ2) is 4.71. The van der Waals surface area contributed by atoms with Gasteiger partial charge in [0.25, 0.3) is 5.82 Å². The van der Waals surface area contributed by atoms with Gasteiger partial charge in [0.2, 0.25) is 5.89 Å². The van der Waals surface area contributed by atoms with Gasteiger partial charge in [-0.1, -0.05) is 13.3 Å². The first-order valence-corrected chi connectivity index (χ1v) is 4.45. The Morgan fingerprint density at radius 3 is 2.93 bits per heavy atom. The minimum absolute atomic E-state index is 0.0536. The van der Waals surface area contributed by atoms with Crippen LogP contribution in [0.1, 0.15) is 36.3 Å². The Balaban J connectivity index is 2.55. The largest absolute Gasteiger partial charge is 0.475 e. The molecule has 0 amide bonds. The molecule has 1 heterocycles. The van der Waals surface area contributed by atoms with Crippen LogP contribution in [0.5, 0.6) is 0 Å². The second-order valence-corrected chi connectivity index (χ2v) is 3.07. The number of carboxylic acid groups (broad SMARTS) is 1. The normalized spacial score (nSPS) is 12.7. The van der Waals surface area contributed by atoms with Crippen molar-refractivity contribution < 1.29 is 14.4 Å². The monoisotopic (exact) mass is 199 g/mol. The Morgan fingerprint density at radius 2 is 2.43 bits per heavy atom. The van der Waals surface area contributed by atoms with Crippen molar-refractivity contribution in [1.82, 2.24) is 10.1 Å². The van der Waals surface area contributed by atoms with E-state index in [4.69, 9.17) is 15.4 Å². The van der Waals surface area contributed by atoms with Gasteiger partial charge in [-0.2, -0.15) is 4.98 Å². The fourth-order valence-electron chi connectivity index (χ4n) is 1.12. The highest BCUT2D eigenvalue weighted by molar-refractivity contribution is 5.82. The van der Waals surface area contributed by atoms with Gasteiger partial charge >= 0.3 is 5.97 Å². The molecule has 6 heteroatoms. The minimum Gasteiger partial charge on any atom is -0.475 e. The Morgan fingerprint density at radius 1 is 1.71 bits per heavy atom. The second-order valence-electron chi connectivity index (χ2n) is 3.07. The highest BCUT2D eigenvalue weighted by atomic mass is 16.5. The number of rotatable bonds is 5. The standard InChI is InChI=1S/C8H13N3O3/c1-2-3-5(9)4-6-10-7(8(12)13)11-14-6/h5H,2-4,9H2,1H3,(H,12,13). The number of nitrogens with zero attached hydrogens (tertiary/aromatic N) is 2. The molecular formula is C8H13N3O3. The molecule has 14 heavy (non-hydrogen) atoms. The maximum absolute atomic E-state index is 10.4. The summed E-state index contributed by atoms with van der Waals surface area (Å²) in [5, 5.41) is 11.8. The van der Waals surface area contributed by atoms with Gasteiger partial charge in [-0.15, -0.1) is 0 Å². The summed E-state index contributed by atoms with van der Waals surface area (Å²) in [7, 11) is 0. The Hall–Kier alpha value is -1.43. The van der Waals surface area contributed by atoms with Gasteiger partial charge in [-0.25, -0.2) is 4.79 Å². The van der Waals surface area contributed by atoms with Crippen molar-refractivity contribution in [3.63, 3.8) is 0 Å². The SMILES string of the molecule is CCCC(N)Cc1nc(C(=O)O)no1. The average Bonchev–Trinajstić information content (AvgIpc) is 2.53. The van der Waals surface area contributed by atoms with E-state index >= 15 is 0 Å². The fraction of sp³-hybridized carbons (Fsp3) is 0.625. The molecule has 78 valence electrons.